The lowest BCUT2D eigenvalue weighted by molar-refractivity contribution is 0.0559. The third-order valence-corrected chi connectivity index (χ3v) is 3.95. The Balaban J connectivity index is 2.19. The highest BCUT2D eigenvalue weighted by Crippen LogP contribution is 2.27. The number of para-hydroxylation sites is 1. The smallest absolute Gasteiger partial charge is 0.374 e. The van der Waals surface area contributed by atoms with Crippen molar-refractivity contribution in [1.82, 2.24) is 0 Å². The number of carbonyl (C=O) groups is 1. The lowest BCUT2D eigenvalue weighted by atomic mass is 9.96. The fourth-order valence-corrected chi connectivity index (χ4v) is 2.63. The summed E-state index contributed by atoms with van der Waals surface area (Å²) >= 11 is 0. The zero-order valence-electron chi connectivity index (χ0n) is 13.9. The number of ether oxygens (including phenoxy) is 1. The number of phenolic OH excluding ortho intramolecular Hbond substituents is 1. The molecule has 132 valence electrons. The summed E-state index contributed by atoms with van der Waals surface area (Å²) in [7, 11) is 1.18. The van der Waals surface area contributed by atoms with Gasteiger partial charge in [0.1, 0.15) is 11.6 Å². The highest BCUT2D eigenvalue weighted by molar-refractivity contribution is 5.88. The average molecular weight is 354 g/mol. The van der Waals surface area contributed by atoms with Crippen LogP contribution in [0.4, 0.5) is 4.39 Å². The van der Waals surface area contributed by atoms with Crippen LogP contribution < -0.4 is 5.63 Å². The molecule has 6 heteroatoms. The van der Waals surface area contributed by atoms with E-state index < -0.39 is 17.4 Å². The van der Waals surface area contributed by atoms with Crippen molar-refractivity contribution in [2.75, 3.05) is 7.11 Å². The van der Waals surface area contributed by atoms with Gasteiger partial charge in [-0.1, -0.05) is 30.3 Å². The topological polar surface area (TPSA) is 76.7 Å². The number of hydrogen-bond acceptors (Lipinski definition) is 5. The zero-order valence-corrected chi connectivity index (χ0v) is 13.9. The number of aromatic hydroxyl groups is 1. The van der Waals surface area contributed by atoms with Gasteiger partial charge >= 0.3 is 11.6 Å². The number of benzene rings is 2. The monoisotopic (exact) mass is 354 g/mol. The van der Waals surface area contributed by atoms with E-state index in [0.717, 1.165) is 0 Å². The fourth-order valence-electron chi connectivity index (χ4n) is 2.63. The van der Waals surface area contributed by atoms with Gasteiger partial charge < -0.3 is 14.3 Å². The van der Waals surface area contributed by atoms with E-state index in [9.17, 15) is 19.1 Å². The molecule has 0 fully saturated rings. The molecule has 0 amide bonds. The van der Waals surface area contributed by atoms with E-state index >= 15 is 0 Å². The number of carbonyl (C=O) groups excluding carboxylic acids is 1. The van der Waals surface area contributed by atoms with Crippen molar-refractivity contribution >= 4 is 5.97 Å². The molecule has 5 nitrogen and oxygen atoms in total. The minimum atomic E-state index is -0.792. The second kappa shape index (κ2) is 7.23. The van der Waals surface area contributed by atoms with E-state index in [4.69, 9.17) is 4.42 Å². The van der Waals surface area contributed by atoms with Crippen LogP contribution >= 0.6 is 0 Å². The number of esters is 1. The molecule has 1 heterocycles. The Kier molecular flexibility index (Phi) is 4.84. The van der Waals surface area contributed by atoms with Crippen molar-refractivity contribution in [3.05, 3.63) is 87.7 Å². The Morgan fingerprint density at radius 1 is 1.15 bits per heavy atom. The van der Waals surface area contributed by atoms with Crippen LogP contribution in [0.25, 0.3) is 11.1 Å². The molecule has 0 bridgehead atoms. The predicted molar refractivity (Wildman–Crippen MR) is 92.6 cm³/mol. The first-order valence-corrected chi connectivity index (χ1v) is 7.77. The Bertz CT molecular complexity index is 1010. The van der Waals surface area contributed by atoms with E-state index in [2.05, 4.69) is 4.74 Å². The second-order valence-electron chi connectivity index (χ2n) is 5.59. The first-order valence-electron chi connectivity index (χ1n) is 7.77. The van der Waals surface area contributed by atoms with Crippen LogP contribution in [0.15, 0.2) is 63.8 Å². The third-order valence-electron chi connectivity index (χ3n) is 3.95. The van der Waals surface area contributed by atoms with Gasteiger partial charge in [-0.3, -0.25) is 0 Å². The van der Waals surface area contributed by atoms with Gasteiger partial charge in [0.2, 0.25) is 5.76 Å². The minimum Gasteiger partial charge on any atom is -0.508 e. The lowest BCUT2D eigenvalue weighted by Crippen LogP contribution is -2.14. The maximum absolute atomic E-state index is 13.3. The standard InChI is InChI=1S/C20H15FO5/c1-25-20(24)18-11-15(12-6-8-14(21)9-7-12)16(19(23)26-18)10-13-4-2-3-5-17(13)22/h2-9,11,22H,10H2,1H3. The summed E-state index contributed by atoms with van der Waals surface area (Å²) in [4.78, 5) is 24.3. The van der Waals surface area contributed by atoms with E-state index in [1.54, 1.807) is 18.2 Å². The Morgan fingerprint density at radius 2 is 1.85 bits per heavy atom. The summed E-state index contributed by atoms with van der Waals surface area (Å²) in [5.74, 6) is -1.43. The lowest BCUT2D eigenvalue weighted by Gasteiger charge is -2.11. The summed E-state index contributed by atoms with van der Waals surface area (Å²) in [5.41, 5.74) is 0.981. The fraction of sp³-hybridized carbons (Fsp3) is 0.100. The van der Waals surface area contributed by atoms with Crippen LogP contribution in [0.5, 0.6) is 5.75 Å². The number of methoxy groups -OCH3 is 1. The van der Waals surface area contributed by atoms with Gasteiger partial charge in [0, 0.05) is 6.42 Å². The summed E-state index contributed by atoms with van der Waals surface area (Å²) in [6, 6.07) is 13.5. The zero-order chi connectivity index (χ0) is 18.7. The Labute approximate surface area is 148 Å². The summed E-state index contributed by atoms with van der Waals surface area (Å²) in [6.07, 6.45) is 0.0865. The number of rotatable bonds is 4. The van der Waals surface area contributed by atoms with Crippen molar-refractivity contribution in [2.45, 2.75) is 6.42 Å². The molecular formula is C20H15FO5. The molecule has 0 aliphatic heterocycles. The molecule has 0 saturated heterocycles. The molecule has 0 aliphatic carbocycles. The molecule has 1 N–H and O–H groups in total. The highest BCUT2D eigenvalue weighted by Gasteiger charge is 2.19. The minimum absolute atomic E-state index is 0.0361. The van der Waals surface area contributed by atoms with Gasteiger partial charge in [-0.15, -0.1) is 0 Å². The molecule has 0 aliphatic rings. The molecule has 0 atom stereocenters. The van der Waals surface area contributed by atoms with Crippen LogP contribution in [0.3, 0.4) is 0 Å². The van der Waals surface area contributed by atoms with Crippen LogP contribution in [-0.2, 0) is 11.2 Å². The molecule has 1 aromatic heterocycles. The van der Waals surface area contributed by atoms with Crippen LogP contribution in [0.1, 0.15) is 21.7 Å². The number of phenols is 1. The maximum Gasteiger partial charge on any atom is 0.374 e. The molecule has 0 radical (unpaired) electrons. The third kappa shape index (κ3) is 3.49. The Hall–Kier alpha value is -3.41. The second-order valence-corrected chi connectivity index (χ2v) is 5.59. The molecule has 0 unspecified atom stereocenters. The van der Waals surface area contributed by atoms with Crippen molar-refractivity contribution in [1.29, 1.82) is 0 Å². The molecule has 0 saturated carbocycles. The molecule has 26 heavy (non-hydrogen) atoms. The van der Waals surface area contributed by atoms with Gasteiger partial charge in [0.25, 0.3) is 0 Å². The molecule has 2 aromatic carbocycles. The normalized spacial score (nSPS) is 10.5. The summed E-state index contributed by atoms with van der Waals surface area (Å²) in [5, 5.41) is 9.99. The molecular weight excluding hydrogens is 339 g/mol. The average Bonchev–Trinajstić information content (AvgIpc) is 2.64. The predicted octanol–water partition coefficient (Wildman–Crippen LogP) is 3.53. The highest BCUT2D eigenvalue weighted by atomic mass is 19.1. The van der Waals surface area contributed by atoms with Gasteiger partial charge in [0.05, 0.1) is 12.7 Å². The van der Waals surface area contributed by atoms with Crippen molar-refractivity contribution in [3.8, 4) is 16.9 Å². The number of halogens is 1. The largest absolute Gasteiger partial charge is 0.508 e. The van der Waals surface area contributed by atoms with Crippen molar-refractivity contribution in [2.24, 2.45) is 0 Å². The van der Waals surface area contributed by atoms with Crippen LogP contribution in [0.2, 0.25) is 0 Å². The van der Waals surface area contributed by atoms with Crippen molar-refractivity contribution < 1.29 is 23.4 Å². The van der Waals surface area contributed by atoms with Gasteiger partial charge in [-0.05, 0) is 41.0 Å². The van der Waals surface area contributed by atoms with Gasteiger partial charge in [0.15, 0.2) is 0 Å². The number of hydrogen-bond donors (Lipinski definition) is 1. The van der Waals surface area contributed by atoms with Gasteiger partial charge in [-0.2, -0.15) is 0 Å². The SMILES string of the molecule is COC(=O)c1cc(-c2ccc(F)cc2)c(Cc2ccccc2O)c(=O)o1. The molecule has 3 aromatic rings. The quantitative estimate of drug-likeness (QED) is 0.726. The van der Waals surface area contributed by atoms with Gasteiger partial charge in [-0.25, -0.2) is 14.0 Å². The van der Waals surface area contributed by atoms with Crippen molar-refractivity contribution in [3.63, 3.8) is 0 Å². The van der Waals surface area contributed by atoms with E-state index in [-0.39, 0.29) is 23.5 Å². The summed E-state index contributed by atoms with van der Waals surface area (Å²) < 4.78 is 22.9. The van der Waals surface area contributed by atoms with E-state index in [1.807, 2.05) is 0 Å². The van der Waals surface area contributed by atoms with E-state index in [0.29, 0.717) is 16.7 Å². The first kappa shape index (κ1) is 17.4. The maximum atomic E-state index is 13.3. The van der Waals surface area contributed by atoms with Crippen LogP contribution in [0, 0.1) is 5.82 Å². The molecule has 0 spiro atoms. The van der Waals surface area contributed by atoms with Crippen LogP contribution in [-0.4, -0.2) is 18.2 Å². The Morgan fingerprint density at radius 3 is 2.50 bits per heavy atom. The molecule has 3 rings (SSSR count). The summed E-state index contributed by atoms with van der Waals surface area (Å²) in [6.45, 7) is 0. The van der Waals surface area contributed by atoms with E-state index in [1.165, 1.54) is 43.5 Å². The first-order chi connectivity index (χ1) is 12.5.